The summed E-state index contributed by atoms with van der Waals surface area (Å²) in [6, 6.07) is 11.2. The molecular weight excluding hydrogens is 276 g/mol. The van der Waals surface area contributed by atoms with Crippen molar-refractivity contribution in [2.75, 3.05) is 13.1 Å². The molecule has 1 aliphatic heterocycles. The number of piperidine rings is 1. The number of rotatable bonds is 4. The molecule has 2 unspecified atom stereocenters. The van der Waals surface area contributed by atoms with Crippen LogP contribution in [0.2, 0.25) is 0 Å². The number of thiophene rings is 1. The minimum atomic E-state index is 0.311. The summed E-state index contributed by atoms with van der Waals surface area (Å²) in [5, 5.41) is 4.44. The van der Waals surface area contributed by atoms with Crippen LogP contribution >= 0.6 is 11.3 Å². The van der Waals surface area contributed by atoms with Gasteiger partial charge in [-0.1, -0.05) is 24.3 Å². The molecule has 0 spiro atoms. The van der Waals surface area contributed by atoms with Gasteiger partial charge in [0, 0.05) is 25.7 Å². The summed E-state index contributed by atoms with van der Waals surface area (Å²) in [5.41, 5.74) is 10.6. The van der Waals surface area contributed by atoms with E-state index in [1.54, 1.807) is 11.3 Å². The van der Waals surface area contributed by atoms with E-state index >= 15 is 0 Å². The van der Waals surface area contributed by atoms with Gasteiger partial charge in [-0.15, -0.1) is 0 Å². The van der Waals surface area contributed by atoms with E-state index in [-0.39, 0.29) is 0 Å². The molecule has 0 saturated carbocycles. The van der Waals surface area contributed by atoms with Crippen molar-refractivity contribution in [1.29, 1.82) is 0 Å². The van der Waals surface area contributed by atoms with Gasteiger partial charge in [0.1, 0.15) is 0 Å². The third-order valence-electron chi connectivity index (χ3n) is 4.40. The highest BCUT2D eigenvalue weighted by Crippen LogP contribution is 2.23. The van der Waals surface area contributed by atoms with E-state index < -0.39 is 0 Å². The highest BCUT2D eigenvalue weighted by Gasteiger charge is 2.25. The predicted octanol–water partition coefficient (Wildman–Crippen LogP) is 3.45. The lowest BCUT2D eigenvalue weighted by Crippen LogP contribution is -2.47. The monoisotopic (exact) mass is 300 g/mol. The smallest absolute Gasteiger partial charge is 0.0237 e. The molecule has 2 atom stereocenters. The number of nitrogens with two attached hydrogens (primary N) is 1. The van der Waals surface area contributed by atoms with Crippen molar-refractivity contribution in [1.82, 2.24) is 4.90 Å². The average Bonchev–Trinajstić information content (AvgIpc) is 2.93. The van der Waals surface area contributed by atoms with Gasteiger partial charge in [-0.05, 0) is 59.2 Å². The number of hydrogen-bond acceptors (Lipinski definition) is 3. The third kappa shape index (κ3) is 3.94. The van der Waals surface area contributed by atoms with Gasteiger partial charge in [-0.3, -0.25) is 4.90 Å². The standard InChI is InChI=1S/C18H24N2S/c1-14-4-2-3-5-17(14)11-20-10-16(9-18(19)12-20)8-15-6-7-21-13-15/h2-7,13,16,18H,8-12,19H2,1H3. The Morgan fingerprint density at radius 3 is 2.86 bits per heavy atom. The summed E-state index contributed by atoms with van der Waals surface area (Å²) in [6.07, 6.45) is 2.32. The maximum atomic E-state index is 6.30. The minimum Gasteiger partial charge on any atom is -0.327 e. The molecule has 2 heterocycles. The quantitative estimate of drug-likeness (QED) is 0.937. The summed E-state index contributed by atoms with van der Waals surface area (Å²) in [6.45, 7) is 5.41. The van der Waals surface area contributed by atoms with Crippen LogP contribution in [0.5, 0.6) is 0 Å². The van der Waals surface area contributed by atoms with Crippen LogP contribution in [0, 0.1) is 12.8 Å². The molecule has 1 aromatic carbocycles. The summed E-state index contributed by atoms with van der Waals surface area (Å²) in [7, 11) is 0. The fourth-order valence-electron chi connectivity index (χ4n) is 3.40. The van der Waals surface area contributed by atoms with Gasteiger partial charge in [-0.2, -0.15) is 11.3 Å². The zero-order valence-electron chi connectivity index (χ0n) is 12.7. The Labute approximate surface area is 131 Å². The summed E-state index contributed by atoms with van der Waals surface area (Å²) in [4.78, 5) is 2.54. The molecule has 0 radical (unpaired) electrons. The molecule has 0 aliphatic carbocycles. The number of aryl methyl sites for hydroxylation is 1. The Morgan fingerprint density at radius 2 is 2.10 bits per heavy atom. The number of nitrogens with zero attached hydrogens (tertiary/aromatic N) is 1. The van der Waals surface area contributed by atoms with E-state index in [0.29, 0.717) is 12.0 Å². The summed E-state index contributed by atoms with van der Waals surface area (Å²) < 4.78 is 0. The lowest BCUT2D eigenvalue weighted by atomic mass is 9.89. The van der Waals surface area contributed by atoms with Crippen molar-refractivity contribution < 1.29 is 0 Å². The summed E-state index contributed by atoms with van der Waals surface area (Å²) in [5.74, 6) is 0.687. The topological polar surface area (TPSA) is 29.3 Å². The van der Waals surface area contributed by atoms with Gasteiger partial charge in [-0.25, -0.2) is 0 Å². The zero-order valence-corrected chi connectivity index (χ0v) is 13.5. The van der Waals surface area contributed by atoms with Crippen molar-refractivity contribution in [3.05, 3.63) is 57.8 Å². The van der Waals surface area contributed by atoms with E-state index in [1.165, 1.54) is 23.1 Å². The van der Waals surface area contributed by atoms with Crippen molar-refractivity contribution in [2.24, 2.45) is 11.7 Å². The van der Waals surface area contributed by atoms with E-state index in [4.69, 9.17) is 5.73 Å². The van der Waals surface area contributed by atoms with Crippen molar-refractivity contribution in [2.45, 2.75) is 32.4 Å². The SMILES string of the molecule is Cc1ccccc1CN1CC(N)CC(Cc2ccsc2)C1. The van der Waals surface area contributed by atoms with Gasteiger partial charge in [0.25, 0.3) is 0 Å². The number of hydrogen-bond donors (Lipinski definition) is 1. The van der Waals surface area contributed by atoms with Crippen LogP contribution in [0.15, 0.2) is 41.1 Å². The van der Waals surface area contributed by atoms with E-state index in [2.05, 4.69) is 52.9 Å². The Balaban J connectivity index is 1.64. The van der Waals surface area contributed by atoms with Crippen LogP contribution in [0.25, 0.3) is 0 Å². The van der Waals surface area contributed by atoms with Crippen molar-refractivity contribution in [3.63, 3.8) is 0 Å². The summed E-state index contributed by atoms with van der Waals surface area (Å²) >= 11 is 1.79. The zero-order chi connectivity index (χ0) is 14.7. The highest BCUT2D eigenvalue weighted by molar-refractivity contribution is 7.07. The van der Waals surface area contributed by atoms with Gasteiger partial charge >= 0.3 is 0 Å². The van der Waals surface area contributed by atoms with Crippen LogP contribution in [0.3, 0.4) is 0 Å². The molecule has 1 aromatic heterocycles. The van der Waals surface area contributed by atoms with Crippen molar-refractivity contribution in [3.8, 4) is 0 Å². The van der Waals surface area contributed by atoms with Gasteiger partial charge in [0.05, 0.1) is 0 Å². The first-order chi connectivity index (χ1) is 10.2. The van der Waals surface area contributed by atoms with E-state index in [1.807, 2.05) is 0 Å². The molecule has 0 bridgehead atoms. The molecule has 0 amide bonds. The molecule has 1 saturated heterocycles. The van der Waals surface area contributed by atoms with E-state index in [0.717, 1.165) is 26.1 Å². The molecule has 112 valence electrons. The average molecular weight is 300 g/mol. The predicted molar refractivity (Wildman–Crippen MR) is 90.6 cm³/mol. The highest BCUT2D eigenvalue weighted by atomic mass is 32.1. The lowest BCUT2D eigenvalue weighted by Gasteiger charge is -2.36. The second-order valence-corrected chi connectivity index (χ2v) is 7.10. The Morgan fingerprint density at radius 1 is 1.24 bits per heavy atom. The number of benzene rings is 1. The van der Waals surface area contributed by atoms with Crippen LogP contribution in [0.1, 0.15) is 23.1 Å². The van der Waals surface area contributed by atoms with Crippen LogP contribution in [-0.4, -0.2) is 24.0 Å². The first-order valence-corrected chi connectivity index (χ1v) is 8.68. The molecule has 1 aliphatic rings. The number of likely N-dealkylation sites (tertiary alicyclic amines) is 1. The molecule has 21 heavy (non-hydrogen) atoms. The minimum absolute atomic E-state index is 0.311. The fraction of sp³-hybridized carbons (Fsp3) is 0.444. The second-order valence-electron chi connectivity index (χ2n) is 6.32. The maximum absolute atomic E-state index is 6.30. The van der Waals surface area contributed by atoms with E-state index in [9.17, 15) is 0 Å². The third-order valence-corrected chi connectivity index (χ3v) is 5.14. The molecule has 2 N–H and O–H groups in total. The first-order valence-electron chi connectivity index (χ1n) is 7.74. The molecule has 1 fully saturated rings. The van der Waals surface area contributed by atoms with Gasteiger partial charge < -0.3 is 5.73 Å². The van der Waals surface area contributed by atoms with Gasteiger partial charge in [0.2, 0.25) is 0 Å². The van der Waals surface area contributed by atoms with Gasteiger partial charge in [0.15, 0.2) is 0 Å². The molecular formula is C18H24N2S. The Bertz CT molecular complexity index is 564. The normalized spacial score (nSPS) is 23.3. The molecule has 2 aromatic rings. The van der Waals surface area contributed by atoms with Crippen LogP contribution in [0.4, 0.5) is 0 Å². The lowest BCUT2D eigenvalue weighted by molar-refractivity contribution is 0.149. The van der Waals surface area contributed by atoms with Crippen LogP contribution < -0.4 is 5.73 Å². The Kier molecular flexibility index (Phi) is 4.73. The first kappa shape index (κ1) is 14.8. The molecule has 3 heteroatoms. The second kappa shape index (κ2) is 6.73. The largest absolute Gasteiger partial charge is 0.327 e. The van der Waals surface area contributed by atoms with Crippen molar-refractivity contribution >= 4 is 11.3 Å². The molecule has 2 nitrogen and oxygen atoms in total. The molecule has 3 rings (SSSR count). The fourth-order valence-corrected chi connectivity index (χ4v) is 4.08. The van der Waals surface area contributed by atoms with Crippen LogP contribution in [-0.2, 0) is 13.0 Å². The maximum Gasteiger partial charge on any atom is 0.0237 e. The Hall–Kier alpha value is -1.16.